The van der Waals surface area contributed by atoms with E-state index in [2.05, 4.69) is 6.58 Å². The smallest absolute Gasteiger partial charge is 0.345 e. The number of nitro benzene ring substituents is 1. The molecule has 0 aliphatic carbocycles. The molecule has 0 aromatic heterocycles. The summed E-state index contributed by atoms with van der Waals surface area (Å²) in [4.78, 5) is 21.4. The van der Waals surface area contributed by atoms with Crippen molar-refractivity contribution in [3.05, 3.63) is 51.6 Å². The molecule has 1 aromatic carbocycles. The van der Waals surface area contributed by atoms with Crippen LogP contribution in [0.4, 0.5) is 5.69 Å². The molecule has 0 fully saturated rings. The van der Waals surface area contributed by atoms with E-state index < -0.39 is 16.6 Å². The van der Waals surface area contributed by atoms with Crippen molar-refractivity contribution in [1.82, 2.24) is 0 Å². The zero-order valence-corrected chi connectivity index (χ0v) is 8.94. The fourth-order valence-electron chi connectivity index (χ4n) is 1.08. The van der Waals surface area contributed by atoms with Gasteiger partial charge in [0, 0.05) is 0 Å². The number of para-hydroxylation sites is 1. The van der Waals surface area contributed by atoms with Gasteiger partial charge in [0.1, 0.15) is 17.2 Å². The molecule has 0 unspecified atom stereocenters. The summed E-state index contributed by atoms with van der Waals surface area (Å²) in [7, 11) is 0. The van der Waals surface area contributed by atoms with Crippen LogP contribution in [0.3, 0.4) is 0 Å². The predicted molar refractivity (Wildman–Crippen MR) is 58.6 cm³/mol. The first-order valence-electron chi connectivity index (χ1n) is 4.29. The Morgan fingerprint density at radius 3 is 2.88 bits per heavy atom. The zero-order valence-electron chi connectivity index (χ0n) is 8.18. The van der Waals surface area contributed by atoms with Crippen LogP contribution in [-0.2, 0) is 4.74 Å². The molecule has 0 bridgehead atoms. The molecular formula is C10H8ClNO4. The highest BCUT2D eigenvalue weighted by Gasteiger charge is 2.24. The number of benzene rings is 1. The molecule has 6 heteroatoms. The van der Waals surface area contributed by atoms with Gasteiger partial charge in [0.2, 0.25) is 0 Å². The Kier molecular flexibility index (Phi) is 4.02. The van der Waals surface area contributed by atoms with Crippen LogP contribution < -0.4 is 0 Å². The van der Waals surface area contributed by atoms with Crippen LogP contribution in [0.2, 0.25) is 5.02 Å². The van der Waals surface area contributed by atoms with Gasteiger partial charge in [-0.1, -0.05) is 30.3 Å². The number of hydrogen-bond acceptors (Lipinski definition) is 4. The zero-order chi connectivity index (χ0) is 12.1. The number of rotatable bonds is 4. The third kappa shape index (κ3) is 2.58. The van der Waals surface area contributed by atoms with Crippen molar-refractivity contribution in [2.45, 2.75) is 0 Å². The van der Waals surface area contributed by atoms with Crippen molar-refractivity contribution in [1.29, 1.82) is 0 Å². The topological polar surface area (TPSA) is 69.4 Å². The molecule has 0 atom stereocenters. The number of nitrogens with zero attached hydrogens (tertiary/aromatic N) is 1. The van der Waals surface area contributed by atoms with E-state index in [4.69, 9.17) is 16.3 Å². The second kappa shape index (κ2) is 5.27. The summed E-state index contributed by atoms with van der Waals surface area (Å²) >= 11 is 5.63. The highest BCUT2D eigenvalue weighted by atomic mass is 35.5. The van der Waals surface area contributed by atoms with Crippen LogP contribution in [0.15, 0.2) is 30.9 Å². The maximum atomic E-state index is 11.4. The second-order valence-corrected chi connectivity index (χ2v) is 3.19. The van der Waals surface area contributed by atoms with Crippen LogP contribution in [0.25, 0.3) is 0 Å². The van der Waals surface area contributed by atoms with Crippen LogP contribution >= 0.6 is 11.6 Å². The van der Waals surface area contributed by atoms with Crippen molar-refractivity contribution < 1.29 is 14.5 Å². The number of carbonyl (C=O) groups is 1. The van der Waals surface area contributed by atoms with Gasteiger partial charge < -0.3 is 4.74 Å². The van der Waals surface area contributed by atoms with Crippen LogP contribution in [0.1, 0.15) is 10.4 Å². The molecule has 0 spiro atoms. The largest absolute Gasteiger partial charge is 0.458 e. The fraction of sp³-hybridized carbons (Fsp3) is 0.100. The maximum Gasteiger partial charge on any atom is 0.345 e. The average molecular weight is 242 g/mol. The van der Waals surface area contributed by atoms with Crippen LogP contribution in [0, 0.1) is 10.1 Å². The first kappa shape index (κ1) is 12.2. The lowest BCUT2D eigenvalue weighted by Gasteiger charge is -2.03. The van der Waals surface area contributed by atoms with Gasteiger partial charge in [-0.25, -0.2) is 4.79 Å². The number of halogens is 1. The van der Waals surface area contributed by atoms with Gasteiger partial charge in [-0.2, -0.15) is 0 Å². The Morgan fingerprint density at radius 2 is 2.31 bits per heavy atom. The van der Waals surface area contributed by atoms with Crippen LogP contribution in [0.5, 0.6) is 0 Å². The summed E-state index contributed by atoms with van der Waals surface area (Å²) < 4.78 is 4.70. The molecule has 84 valence electrons. The molecule has 0 N–H and O–H groups in total. The Labute approximate surface area is 96.4 Å². The molecular weight excluding hydrogens is 234 g/mol. The highest BCUT2D eigenvalue weighted by molar-refractivity contribution is 6.33. The lowest BCUT2D eigenvalue weighted by Crippen LogP contribution is -2.08. The van der Waals surface area contributed by atoms with Crippen molar-refractivity contribution in [2.24, 2.45) is 0 Å². The minimum atomic E-state index is -0.797. The second-order valence-electron chi connectivity index (χ2n) is 2.78. The summed E-state index contributed by atoms with van der Waals surface area (Å²) in [5, 5.41) is 10.6. The van der Waals surface area contributed by atoms with Crippen molar-refractivity contribution in [3.8, 4) is 0 Å². The SMILES string of the molecule is C=CCOC(=O)c1cccc(Cl)c1[N+](=O)[O-]. The number of ether oxygens (including phenoxy) is 1. The van der Waals surface area contributed by atoms with Gasteiger partial charge in [0.05, 0.1) is 4.92 Å². The molecule has 0 aliphatic heterocycles. The summed E-state index contributed by atoms with van der Waals surface area (Å²) in [6.07, 6.45) is 1.37. The number of hydrogen-bond donors (Lipinski definition) is 0. The van der Waals surface area contributed by atoms with E-state index in [1.807, 2.05) is 0 Å². The van der Waals surface area contributed by atoms with E-state index in [0.29, 0.717) is 0 Å². The highest BCUT2D eigenvalue weighted by Crippen LogP contribution is 2.28. The van der Waals surface area contributed by atoms with Gasteiger partial charge in [0.15, 0.2) is 0 Å². The normalized spacial score (nSPS) is 9.56. The van der Waals surface area contributed by atoms with Crippen molar-refractivity contribution >= 4 is 23.3 Å². The van der Waals surface area contributed by atoms with E-state index in [-0.39, 0.29) is 17.2 Å². The summed E-state index contributed by atoms with van der Waals surface area (Å²) in [5.74, 6) is -0.797. The molecule has 5 nitrogen and oxygen atoms in total. The molecule has 0 heterocycles. The standard InChI is InChI=1S/C10H8ClNO4/c1-2-6-16-10(13)7-4-3-5-8(11)9(7)12(14)15/h2-5H,1,6H2. The average Bonchev–Trinajstić information content (AvgIpc) is 2.24. The predicted octanol–water partition coefficient (Wildman–Crippen LogP) is 2.59. The molecule has 1 aromatic rings. The summed E-state index contributed by atoms with van der Waals surface area (Å²) in [6, 6.07) is 4.07. The Hall–Kier alpha value is -1.88. The lowest BCUT2D eigenvalue weighted by atomic mass is 10.2. The van der Waals surface area contributed by atoms with E-state index in [0.717, 1.165) is 0 Å². The maximum absolute atomic E-state index is 11.4. The molecule has 1 rings (SSSR count). The summed E-state index contributed by atoms with van der Waals surface area (Å²) in [6.45, 7) is 3.35. The third-order valence-electron chi connectivity index (χ3n) is 1.72. The minimum absolute atomic E-state index is 0.0114. The monoisotopic (exact) mass is 241 g/mol. The molecule has 16 heavy (non-hydrogen) atoms. The molecule has 0 saturated carbocycles. The van der Waals surface area contributed by atoms with Crippen molar-refractivity contribution in [2.75, 3.05) is 6.61 Å². The molecule has 0 amide bonds. The van der Waals surface area contributed by atoms with E-state index in [1.54, 1.807) is 0 Å². The van der Waals surface area contributed by atoms with Gasteiger partial charge in [0.25, 0.3) is 0 Å². The minimum Gasteiger partial charge on any atom is -0.458 e. The summed E-state index contributed by atoms with van der Waals surface area (Å²) in [5.41, 5.74) is -0.613. The third-order valence-corrected chi connectivity index (χ3v) is 2.03. The van der Waals surface area contributed by atoms with Crippen LogP contribution in [-0.4, -0.2) is 17.5 Å². The first-order chi connectivity index (χ1) is 7.57. The van der Waals surface area contributed by atoms with E-state index in [9.17, 15) is 14.9 Å². The van der Waals surface area contributed by atoms with E-state index in [1.165, 1.54) is 24.3 Å². The Balaban J connectivity index is 3.12. The molecule has 0 aliphatic rings. The Bertz CT molecular complexity index is 444. The van der Waals surface area contributed by atoms with Gasteiger partial charge in [-0.3, -0.25) is 10.1 Å². The fourth-order valence-corrected chi connectivity index (χ4v) is 1.32. The number of carbonyl (C=O) groups excluding carboxylic acids is 1. The Morgan fingerprint density at radius 1 is 1.62 bits per heavy atom. The number of nitro groups is 1. The van der Waals surface area contributed by atoms with Gasteiger partial charge in [-0.05, 0) is 12.1 Å². The number of esters is 1. The van der Waals surface area contributed by atoms with Gasteiger partial charge in [-0.15, -0.1) is 0 Å². The molecule has 0 radical (unpaired) electrons. The lowest BCUT2D eigenvalue weighted by molar-refractivity contribution is -0.385. The van der Waals surface area contributed by atoms with E-state index >= 15 is 0 Å². The molecule has 0 saturated heterocycles. The quantitative estimate of drug-likeness (QED) is 0.352. The first-order valence-corrected chi connectivity index (χ1v) is 4.66. The van der Waals surface area contributed by atoms with Crippen molar-refractivity contribution in [3.63, 3.8) is 0 Å². The van der Waals surface area contributed by atoms with Gasteiger partial charge >= 0.3 is 11.7 Å².